The number of amides is 1. The zero-order valence-corrected chi connectivity index (χ0v) is 11.6. The van der Waals surface area contributed by atoms with Crippen LogP contribution in [0.4, 0.5) is 0 Å². The van der Waals surface area contributed by atoms with Gasteiger partial charge in [-0.15, -0.1) is 12.6 Å². The average Bonchev–Trinajstić information content (AvgIpc) is 2.31. The third-order valence-corrected chi connectivity index (χ3v) is 2.98. The molecule has 1 aromatic rings. The topological polar surface area (TPSA) is 29.5 Å². The van der Waals surface area contributed by atoms with Crippen molar-refractivity contribution in [3.8, 4) is 0 Å². The largest absolute Gasteiger partial charge is 0.385 e. The summed E-state index contributed by atoms with van der Waals surface area (Å²) in [6.07, 6.45) is 0.803. The van der Waals surface area contributed by atoms with Crippen LogP contribution in [0.3, 0.4) is 0 Å². The molecule has 0 unspecified atom stereocenters. The van der Waals surface area contributed by atoms with E-state index in [1.54, 1.807) is 37.3 Å². The van der Waals surface area contributed by atoms with Crippen LogP contribution in [-0.4, -0.2) is 38.1 Å². The maximum absolute atomic E-state index is 12.1. The summed E-state index contributed by atoms with van der Waals surface area (Å²) in [6.45, 7) is 1.28. The molecule has 0 heterocycles. The van der Waals surface area contributed by atoms with E-state index in [0.717, 1.165) is 11.3 Å². The third kappa shape index (κ3) is 4.22. The van der Waals surface area contributed by atoms with Crippen LogP contribution in [0, 0.1) is 0 Å². The van der Waals surface area contributed by atoms with Crippen LogP contribution in [0.5, 0.6) is 0 Å². The Morgan fingerprint density at radius 1 is 1.53 bits per heavy atom. The fraction of sp³-hybridized carbons (Fsp3) is 0.417. The first-order chi connectivity index (χ1) is 8.06. The molecule has 0 aromatic heterocycles. The van der Waals surface area contributed by atoms with Gasteiger partial charge in [0.2, 0.25) is 0 Å². The van der Waals surface area contributed by atoms with Crippen LogP contribution < -0.4 is 0 Å². The maximum atomic E-state index is 12.1. The number of hydrogen-bond acceptors (Lipinski definition) is 3. The third-order valence-electron chi connectivity index (χ3n) is 2.37. The van der Waals surface area contributed by atoms with E-state index < -0.39 is 0 Å². The van der Waals surface area contributed by atoms with Gasteiger partial charge in [0.1, 0.15) is 0 Å². The predicted octanol–water partition coefficient (Wildman–Crippen LogP) is 2.74. The molecule has 0 spiro atoms. The number of ether oxygens (including phenoxy) is 1. The van der Waals surface area contributed by atoms with E-state index in [0.29, 0.717) is 23.7 Å². The van der Waals surface area contributed by atoms with Crippen molar-refractivity contribution in [1.82, 2.24) is 4.90 Å². The molecule has 17 heavy (non-hydrogen) atoms. The summed E-state index contributed by atoms with van der Waals surface area (Å²) in [5, 5.41) is 0.450. The van der Waals surface area contributed by atoms with Crippen molar-refractivity contribution in [2.45, 2.75) is 11.3 Å². The van der Waals surface area contributed by atoms with Gasteiger partial charge >= 0.3 is 0 Å². The molecule has 0 saturated heterocycles. The molecule has 1 rings (SSSR count). The maximum Gasteiger partial charge on any atom is 0.255 e. The van der Waals surface area contributed by atoms with Crippen LogP contribution in [0.25, 0.3) is 0 Å². The van der Waals surface area contributed by atoms with Crippen molar-refractivity contribution in [2.75, 3.05) is 27.3 Å². The minimum absolute atomic E-state index is 0.0954. The second kappa shape index (κ2) is 6.89. The Kier molecular flexibility index (Phi) is 5.82. The van der Waals surface area contributed by atoms with Crippen LogP contribution in [0.2, 0.25) is 5.02 Å². The monoisotopic (exact) mass is 273 g/mol. The van der Waals surface area contributed by atoms with Crippen molar-refractivity contribution in [3.63, 3.8) is 0 Å². The number of halogens is 1. The molecule has 0 aliphatic carbocycles. The molecule has 1 amide bonds. The molecule has 94 valence electrons. The highest BCUT2D eigenvalue weighted by Gasteiger charge is 2.14. The first-order valence-corrected chi connectivity index (χ1v) is 6.11. The molecule has 0 aliphatic heterocycles. The lowest BCUT2D eigenvalue weighted by Crippen LogP contribution is -2.28. The highest BCUT2D eigenvalue weighted by atomic mass is 35.5. The highest BCUT2D eigenvalue weighted by Crippen LogP contribution is 2.20. The second-order valence-electron chi connectivity index (χ2n) is 3.74. The fourth-order valence-corrected chi connectivity index (χ4v) is 1.83. The van der Waals surface area contributed by atoms with E-state index >= 15 is 0 Å². The zero-order chi connectivity index (χ0) is 12.8. The molecule has 0 saturated carbocycles. The summed E-state index contributed by atoms with van der Waals surface area (Å²) < 4.78 is 4.94. The Bertz CT molecular complexity index is 398. The number of nitrogens with zero attached hydrogens (tertiary/aromatic N) is 1. The molecule has 0 radical (unpaired) electrons. The van der Waals surface area contributed by atoms with Crippen molar-refractivity contribution in [3.05, 3.63) is 28.8 Å². The van der Waals surface area contributed by atoms with Gasteiger partial charge in [0.05, 0.1) is 10.6 Å². The van der Waals surface area contributed by atoms with Gasteiger partial charge in [-0.1, -0.05) is 11.6 Å². The van der Waals surface area contributed by atoms with Crippen molar-refractivity contribution in [2.24, 2.45) is 0 Å². The first-order valence-electron chi connectivity index (χ1n) is 5.29. The normalized spacial score (nSPS) is 10.4. The van der Waals surface area contributed by atoms with Crippen LogP contribution in [0.1, 0.15) is 16.8 Å². The Morgan fingerprint density at radius 3 is 2.88 bits per heavy atom. The lowest BCUT2D eigenvalue weighted by Gasteiger charge is -2.17. The smallest absolute Gasteiger partial charge is 0.255 e. The summed E-state index contributed by atoms with van der Waals surface area (Å²) in [7, 11) is 3.39. The van der Waals surface area contributed by atoms with E-state index in [1.165, 1.54) is 0 Å². The Morgan fingerprint density at radius 2 is 2.24 bits per heavy atom. The highest BCUT2D eigenvalue weighted by molar-refractivity contribution is 7.80. The molecular formula is C12H16ClNO2S. The minimum atomic E-state index is -0.0954. The summed E-state index contributed by atoms with van der Waals surface area (Å²) in [4.78, 5) is 14.4. The van der Waals surface area contributed by atoms with Crippen LogP contribution in [-0.2, 0) is 4.74 Å². The van der Waals surface area contributed by atoms with E-state index in [4.69, 9.17) is 16.3 Å². The predicted molar refractivity (Wildman–Crippen MR) is 72.2 cm³/mol. The van der Waals surface area contributed by atoms with Gasteiger partial charge in [-0.05, 0) is 24.6 Å². The summed E-state index contributed by atoms with van der Waals surface area (Å²) in [5.41, 5.74) is 0.485. The standard InChI is InChI=1S/C12H16ClNO2S/c1-14(6-3-7-16-2)12(15)10-8-9(17)4-5-11(10)13/h4-5,8,17H,3,6-7H2,1-2H3. The SMILES string of the molecule is COCCCN(C)C(=O)c1cc(S)ccc1Cl. The van der Waals surface area contributed by atoms with Gasteiger partial charge in [0.25, 0.3) is 5.91 Å². The number of carbonyl (C=O) groups is 1. The number of methoxy groups -OCH3 is 1. The molecule has 0 N–H and O–H groups in total. The lowest BCUT2D eigenvalue weighted by molar-refractivity contribution is 0.0779. The number of benzene rings is 1. The lowest BCUT2D eigenvalue weighted by atomic mass is 10.2. The average molecular weight is 274 g/mol. The molecule has 0 bridgehead atoms. The van der Waals surface area contributed by atoms with Gasteiger partial charge in [-0.3, -0.25) is 4.79 Å². The van der Waals surface area contributed by atoms with E-state index in [-0.39, 0.29) is 5.91 Å². The molecule has 3 nitrogen and oxygen atoms in total. The Hall–Kier alpha value is -0.710. The van der Waals surface area contributed by atoms with Crippen molar-refractivity contribution < 1.29 is 9.53 Å². The first kappa shape index (κ1) is 14.4. The molecule has 5 heteroatoms. The van der Waals surface area contributed by atoms with E-state index in [9.17, 15) is 4.79 Å². The van der Waals surface area contributed by atoms with E-state index in [1.807, 2.05) is 0 Å². The second-order valence-corrected chi connectivity index (χ2v) is 4.66. The molecular weight excluding hydrogens is 258 g/mol. The van der Waals surface area contributed by atoms with Gasteiger partial charge in [-0.25, -0.2) is 0 Å². The van der Waals surface area contributed by atoms with Crippen LogP contribution >= 0.6 is 24.2 Å². The number of rotatable bonds is 5. The van der Waals surface area contributed by atoms with Gasteiger partial charge in [0, 0.05) is 32.2 Å². The molecule has 0 fully saturated rings. The summed E-state index contributed by atoms with van der Waals surface area (Å²) in [6, 6.07) is 5.12. The number of thiol groups is 1. The minimum Gasteiger partial charge on any atom is -0.385 e. The summed E-state index contributed by atoms with van der Waals surface area (Å²) >= 11 is 10.2. The van der Waals surface area contributed by atoms with Gasteiger partial charge < -0.3 is 9.64 Å². The molecule has 1 aromatic carbocycles. The Balaban J connectivity index is 2.71. The van der Waals surface area contributed by atoms with E-state index in [2.05, 4.69) is 12.6 Å². The summed E-state index contributed by atoms with van der Waals surface area (Å²) in [5.74, 6) is -0.0954. The molecule has 0 aliphatic rings. The van der Waals surface area contributed by atoms with Gasteiger partial charge in [-0.2, -0.15) is 0 Å². The fourth-order valence-electron chi connectivity index (χ4n) is 1.43. The quantitative estimate of drug-likeness (QED) is 0.660. The Labute approximate surface area is 112 Å². The van der Waals surface area contributed by atoms with Gasteiger partial charge in [0.15, 0.2) is 0 Å². The number of hydrogen-bond donors (Lipinski definition) is 1. The molecule has 0 atom stereocenters. The zero-order valence-electron chi connectivity index (χ0n) is 9.94. The van der Waals surface area contributed by atoms with Crippen molar-refractivity contribution >= 4 is 30.1 Å². The van der Waals surface area contributed by atoms with Crippen molar-refractivity contribution in [1.29, 1.82) is 0 Å². The van der Waals surface area contributed by atoms with Crippen LogP contribution in [0.15, 0.2) is 23.1 Å². The number of carbonyl (C=O) groups excluding carboxylic acids is 1.